The maximum Gasteiger partial charge on any atom is 0.289 e. The van der Waals surface area contributed by atoms with Crippen LogP contribution in [0.4, 0.5) is 0 Å². The number of fused-ring (bicyclic) bond motifs is 1. The molecule has 0 radical (unpaired) electrons. The van der Waals surface area contributed by atoms with Crippen LogP contribution in [0.5, 0.6) is 0 Å². The molecule has 5 heterocycles. The molecule has 4 aromatic heterocycles. The Morgan fingerprint density at radius 1 is 1.11 bits per heavy atom. The molecule has 1 aliphatic rings. The highest BCUT2D eigenvalue weighted by molar-refractivity contribution is 5.91. The summed E-state index contributed by atoms with van der Waals surface area (Å²) in [5, 5.41) is 17.3. The Morgan fingerprint density at radius 3 is 2.72 bits per heavy atom. The molecule has 1 aromatic carbocycles. The summed E-state index contributed by atoms with van der Waals surface area (Å²) in [5.41, 5.74) is 5.55. The number of rotatable bonds is 5. The van der Waals surface area contributed by atoms with Crippen molar-refractivity contribution in [3.8, 4) is 17.2 Å². The van der Waals surface area contributed by atoms with Crippen molar-refractivity contribution in [1.82, 2.24) is 34.6 Å². The summed E-state index contributed by atoms with van der Waals surface area (Å²) in [6.07, 6.45) is 2.90. The molecule has 0 bridgehead atoms. The van der Waals surface area contributed by atoms with E-state index >= 15 is 0 Å². The van der Waals surface area contributed by atoms with Gasteiger partial charge < -0.3 is 13.8 Å². The van der Waals surface area contributed by atoms with Crippen molar-refractivity contribution in [2.75, 3.05) is 6.54 Å². The summed E-state index contributed by atoms with van der Waals surface area (Å²) in [5.74, 6) is 2.27. The third-order valence-corrected chi connectivity index (χ3v) is 6.73. The lowest BCUT2D eigenvalue weighted by atomic mass is 10.0. The standard InChI is InChI=1S/C26H25N7O3/c1-16-20(17(2)36-30-16)13-19-9-10-23(35-19)26(34)32-12-11-22-21(14-32)24(29-31(22)3)25-28-27-15-33(25)18-7-5-4-6-8-18/h4-10,15H,11-14H2,1-3H3. The Bertz CT molecular complexity index is 1540. The first-order valence-corrected chi connectivity index (χ1v) is 11.8. The number of benzene rings is 1. The van der Waals surface area contributed by atoms with E-state index in [0.717, 1.165) is 39.7 Å². The van der Waals surface area contributed by atoms with Gasteiger partial charge in [-0.2, -0.15) is 5.10 Å². The molecule has 0 spiro atoms. The van der Waals surface area contributed by atoms with E-state index in [1.807, 2.05) is 66.5 Å². The normalized spacial score (nSPS) is 13.2. The van der Waals surface area contributed by atoms with Crippen molar-refractivity contribution in [1.29, 1.82) is 0 Å². The number of nitrogens with zero attached hydrogens (tertiary/aromatic N) is 7. The molecular formula is C26H25N7O3. The zero-order valence-corrected chi connectivity index (χ0v) is 20.3. The molecule has 10 nitrogen and oxygen atoms in total. The summed E-state index contributed by atoms with van der Waals surface area (Å²) >= 11 is 0. The Labute approximate surface area is 207 Å². The second-order valence-electron chi connectivity index (χ2n) is 8.98. The van der Waals surface area contributed by atoms with E-state index in [2.05, 4.69) is 15.4 Å². The fourth-order valence-electron chi connectivity index (χ4n) is 4.79. The average molecular weight is 484 g/mol. The van der Waals surface area contributed by atoms with Crippen molar-refractivity contribution in [3.63, 3.8) is 0 Å². The van der Waals surface area contributed by atoms with Crippen molar-refractivity contribution in [2.45, 2.75) is 33.2 Å². The molecule has 0 saturated carbocycles. The smallest absolute Gasteiger partial charge is 0.289 e. The lowest BCUT2D eigenvalue weighted by Crippen LogP contribution is -2.36. The fourth-order valence-corrected chi connectivity index (χ4v) is 4.79. The summed E-state index contributed by atoms with van der Waals surface area (Å²) in [6, 6.07) is 13.5. The first-order valence-electron chi connectivity index (χ1n) is 11.8. The number of carbonyl (C=O) groups is 1. The molecule has 0 N–H and O–H groups in total. The van der Waals surface area contributed by atoms with Crippen LogP contribution >= 0.6 is 0 Å². The molecule has 0 atom stereocenters. The van der Waals surface area contributed by atoms with Crippen molar-refractivity contribution in [2.24, 2.45) is 7.05 Å². The highest BCUT2D eigenvalue weighted by atomic mass is 16.5. The number of para-hydroxylation sites is 1. The molecule has 1 amide bonds. The molecule has 5 aromatic rings. The van der Waals surface area contributed by atoms with Gasteiger partial charge in [0.2, 0.25) is 0 Å². The summed E-state index contributed by atoms with van der Waals surface area (Å²) in [7, 11) is 1.93. The van der Waals surface area contributed by atoms with Gasteiger partial charge in [-0.3, -0.25) is 14.0 Å². The first kappa shape index (κ1) is 22.0. The topological polar surface area (TPSA) is 108 Å². The Hall–Kier alpha value is -4.47. The Kier molecular flexibility index (Phi) is 5.28. The van der Waals surface area contributed by atoms with Gasteiger partial charge in [-0.15, -0.1) is 10.2 Å². The minimum absolute atomic E-state index is 0.148. The van der Waals surface area contributed by atoms with Crippen molar-refractivity contribution < 1.29 is 13.7 Å². The molecule has 0 unspecified atom stereocenters. The molecule has 10 heteroatoms. The maximum absolute atomic E-state index is 13.4. The van der Waals surface area contributed by atoms with Crippen molar-refractivity contribution in [3.05, 3.63) is 88.6 Å². The average Bonchev–Trinajstić information content (AvgIpc) is 3.69. The molecule has 1 aliphatic heterocycles. The molecule has 6 rings (SSSR count). The van der Waals surface area contributed by atoms with Gasteiger partial charge in [0.25, 0.3) is 5.91 Å². The van der Waals surface area contributed by atoms with Gasteiger partial charge in [0, 0.05) is 48.9 Å². The van der Waals surface area contributed by atoms with Crippen molar-refractivity contribution >= 4 is 5.91 Å². The van der Waals surface area contributed by atoms with Gasteiger partial charge in [-0.05, 0) is 38.1 Å². The molecule has 0 fully saturated rings. The monoisotopic (exact) mass is 483 g/mol. The van der Waals surface area contributed by atoms with Gasteiger partial charge in [0.1, 0.15) is 23.5 Å². The van der Waals surface area contributed by atoms with Crippen LogP contribution in [0.15, 0.2) is 57.7 Å². The van der Waals surface area contributed by atoms with Crippen LogP contribution in [0.2, 0.25) is 0 Å². The number of hydrogen-bond acceptors (Lipinski definition) is 7. The predicted octanol–water partition coefficient (Wildman–Crippen LogP) is 3.65. The minimum atomic E-state index is -0.148. The van der Waals surface area contributed by atoms with Gasteiger partial charge in [0.15, 0.2) is 11.6 Å². The third kappa shape index (κ3) is 3.71. The molecule has 0 saturated heterocycles. The summed E-state index contributed by atoms with van der Waals surface area (Å²) < 4.78 is 15.0. The van der Waals surface area contributed by atoms with E-state index in [1.165, 1.54) is 0 Å². The van der Waals surface area contributed by atoms with Crippen LogP contribution in [-0.2, 0) is 26.4 Å². The van der Waals surface area contributed by atoms with E-state index in [0.29, 0.717) is 43.3 Å². The Morgan fingerprint density at radius 2 is 1.94 bits per heavy atom. The van der Waals surface area contributed by atoms with Crippen LogP contribution in [0.3, 0.4) is 0 Å². The molecule has 36 heavy (non-hydrogen) atoms. The summed E-state index contributed by atoms with van der Waals surface area (Å²) in [6.45, 7) is 4.77. The number of aromatic nitrogens is 6. The van der Waals surface area contributed by atoms with Crippen LogP contribution in [0, 0.1) is 13.8 Å². The zero-order chi connectivity index (χ0) is 24.8. The van der Waals surface area contributed by atoms with Crippen LogP contribution in [0.25, 0.3) is 17.2 Å². The molecular weight excluding hydrogens is 458 g/mol. The largest absolute Gasteiger partial charge is 0.456 e. The molecule has 182 valence electrons. The highest BCUT2D eigenvalue weighted by Gasteiger charge is 2.31. The highest BCUT2D eigenvalue weighted by Crippen LogP contribution is 2.31. The maximum atomic E-state index is 13.4. The van der Waals surface area contributed by atoms with E-state index in [1.54, 1.807) is 17.3 Å². The zero-order valence-electron chi connectivity index (χ0n) is 20.3. The van der Waals surface area contributed by atoms with E-state index in [-0.39, 0.29) is 5.91 Å². The second kappa shape index (κ2) is 8.63. The second-order valence-corrected chi connectivity index (χ2v) is 8.98. The van der Waals surface area contributed by atoms with Crippen LogP contribution in [0.1, 0.15) is 44.6 Å². The van der Waals surface area contributed by atoms with Gasteiger partial charge in [-0.25, -0.2) is 0 Å². The fraction of sp³-hybridized carbons (Fsp3) is 0.269. The number of amides is 1. The lowest BCUT2D eigenvalue weighted by Gasteiger charge is -2.27. The van der Waals surface area contributed by atoms with Gasteiger partial charge >= 0.3 is 0 Å². The van der Waals surface area contributed by atoms with Crippen LogP contribution in [-0.4, -0.2) is 47.1 Å². The number of hydrogen-bond donors (Lipinski definition) is 0. The molecule has 0 aliphatic carbocycles. The number of aryl methyl sites for hydroxylation is 3. The van der Waals surface area contributed by atoms with Gasteiger partial charge in [0.05, 0.1) is 12.2 Å². The van der Waals surface area contributed by atoms with Gasteiger partial charge in [-0.1, -0.05) is 23.4 Å². The van der Waals surface area contributed by atoms with E-state index in [4.69, 9.17) is 14.0 Å². The van der Waals surface area contributed by atoms with Crippen LogP contribution < -0.4 is 0 Å². The SMILES string of the molecule is Cc1noc(C)c1Cc1ccc(C(=O)N2CCc3c(c(-c4nncn4-c4ccccc4)nn3C)C2)o1. The number of furan rings is 1. The third-order valence-electron chi connectivity index (χ3n) is 6.73. The summed E-state index contributed by atoms with van der Waals surface area (Å²) in [4.78, 5) is 15.2. The van der Waals surface area contributed by atoms with E-state index in [9.17, 15) is 4.79 Å². The first-order chi connectivity index (χ1) is 17.5. The quantitative estimate of drug-likeness (QED) is 0.375. The Balaban J connectivity index is 1.27. The number of carbonyl (C=O) groups excluding carboxylic acids is 1. The van der Waals surface area contributed by atoms with E-state index < -0.39 is 0 Å². The lowest BCUT2D eigenvalue weighted by molar-refractivity contribution is 0.0699. The minimum Gasteiger partial charge on any atom is -0.456 e. The predicted molar refractivity (Wildman–Crippen MR) is 129 cm³/mol.